The summed E-state index contributed by atoms with van der Waals surface area (Å²) in [7, 11) is 1.65. The van der Waals surface area contributed by atoms with Gasteiger partial charge in [-0.1, -0.05) is 17.7 Å². The zero-order chi connectivity index (χ0) is 17.7. The second-order valence-electron chi connectivity index (χ2n) is 5.68. The molecule has 0 aliphatic heterocycles. The van der Waals surface area contributed by atoms with Crippen molar-refractivity contribution in [1.82, 2.24) is 4.90 Å². The maximum atomic E-state index is 12.5. The monoisotopic (exact) mass is 331 g/mol. The molecule has 1 amide bonds. The normalized spacial score (nSPS) is 10.5. The number of aryl methyl sites for hydroxylation is 2. The quantitative estimate of drug-likeness (QED) is 0.844. The van der Waals surface area contributed by atoms with E-state index in [0.717, 1.165) is 11.3 Å². The number of hydrogen-bond acceptors (Lipinski definition) is 4. The Labute approximate surface area is 140 Å². The molecular weight excluding hydrogens is 310 g/mol. The summed E-state index contributed by atoms with van der Waals surface area (Å²) < 4.78 is 10.8. The van der Waals surface area contributed by atoms with Crippen molar-refractivity contribution in [2.24, 2.45) is 0 Å². The van der Waals surface area contributed by atoms with Gasteiger partial charge in [0.05, 0.1) is 18.4 Å². The number of rotatable bonds is 7. The van der Waals surface area contributed by atoms with Crippen molar-refractivity contribution >= 4 is 11.9 Å². The van der Waals surface area contributed by atoms with Crippen molar-refractivity contribution in [1.29, 1.82) is 0 Å². The summed E-state index contributed by atoms with van der Waals surface area (Å²) in [4.78, 5) is 24.9. The first-order valence-corrected chi connectivity index (χ1v) is 7.62. The second-order valence-corrected chi connectivity index (χ2v) is 5.68. The first kappa shape index (κ1) is 17.6. The number of likely N-dealkylation sites (N-methyl/N-ethyl adjacent to an activating group) is 1. The van der Waals surface area contributed by atoms with Crippen LogP contribution in [0.5, 0.6) is 5.75 Å². The molecule has 6 heteroatoms. The van der Waals surface area contributed by atoms with Crippen LogP contribution in [0.1, 0.15) is 27.2 Å². The number of hydrogen-bond donors (Lipinski definition) is 1. The van der Waals surface area contributed by atoms with Crippen LogP contribution in [0.15, 0.2) is 34.9 Å². The molecular formula is C18H21NO5. The second kappa shape index (κ2) is 7.68. The summed E-state index contributed by atoms with van der Waals surface area (Å²) in [6.45, 7) is 4.44. The maximum absolute atomic E-state index is 12.5. The number of carboxylic acid groups (broad SMARTS) is 1. The van der Waals surface area contributed by atoms with Crippen LogP contribution in [0.4, 0.5) is 0 Å². The van der Waals surface area contributed by atoms with Crippen LogP contribution in [0.2, 0.25) is 0 Å². The van der Waals surface area contributed by atoms with E-state index in [-0.39, 0.29) is 18.1 Å². The van der Waals surface area contributed by atoms with Crippen LogP contribution in [0.25, 0.3) is 0 Å². The molecule has 6 nitrogen and oxygen atoms in total. The fraction of sp³-hybridized carbons (Fsp3) is 0.333. The number of carbonyl (C=O) groups is 2. The van der Waals surface area contributed by atoms with Gasteiger partial charge in [0.2, 0.25) is 0 Å². The van der Waals surface area contributed by atoms with Gasteiger partial charge in [0.1, 0.15) is 24.5 Å². The molecule has 2 rings (SSSR count). The highest BCUT2D eigenvalue weighted by molar-refractivity contribution is 5.97. The van der Waals surface area contributed by atoms with Gasteiger partial charge in [0, 0.05) is 12.6 Å². The van der Waals surface area contributed by atoms with Crippen molar-refractivity contribution in [2.75, 3.05) is 20.2 Å². The highest BCUT2D eigenvalue weighted by atomic mass is 16.5. The highest BCUT2D eigenvalue weighted by Crippen LogP contribution is 2.19. The fourth-order valence-electron chi connectivity index (χ4n) is 2.28. The summed E-state index contributed by atoms with van der Waals surface area (Å²) >= 11 is 0. The minimum atomic E-state index is -1.04. The molecule has 0 spiro atoms. The topological polar surface area (TPSA) is 80.0 Å². The van der Waals surface area contributed by atoms with E-state index >= 15 is 0 Å². The Balaban J connectivity index is 1.96. The number of ether oxygens (including phenoxy) is 1. The molecule has 0 bridgehead atoms. The molecule has 128 valence electrons. The Morgan fingerprint density at radius 3 is 2.50 bits per heavy atom. The Hall–Kier alpha value is -2.76. The zero-order valence-electron chi connectivity index (χ0n) is 14.0. The minimum absolute atomic E-state index is 0.177. The lowest BCUT2D eigenvalue weighted by Crippen LogP contribution is -2.31. The number of aliphatic carboxylic acids is 1. The largest absolute Gasteiger partial charge is 0.492 e. The minimum Gasteiger partial charge on any atom is -0.492 e. The molecule has 1 heterocycles. The number of amides is 1. The average Bonchev–Trinajstić information content (AvgIpc) is 2.88. The summed E-state index contributed by atoms with van der Waals surface area (Å²) in [6, 6.07) is 7.67. The van der Waals surface area contributed by atoms with Crippen LogP contribution >= 0.6 is 0 Å². The van der Waals surface area contributed by atoms with Crippen molar-refractivity contribution in [2.45, 2.75) is 20.3 Å². The van der Waals surface area contributed by atoms with E-state index in [1.165, 1.54) is 11.2 Å². The molecule has 0 atom stereocenters. The Morgan fingerprint density at radius 2 is 1.88 bits per heavy atom. The first-order valence-electron chi connectivity index (χ1n) is 7.62. The Bertz CT molecular complexity index is 718. The first-order chi connectivity index (χ1) is 11.4. The standard InChI is InChI=1S/C18H21NO5/c1-12-4-6-14(7-5-12)23-9-8-19(3)18(22)17-13(2)11-24-15(17)10-16(20)21/h4-7,11H,8-10H2,1-3H3,(H,20,21). The smallest absolute Gasteiger partial charge is 0.311 e. The molecule has 0 saturated carbocycles. The Kier molecular flexibility index (Phi) is 5.63. The van der Waals surface area contributed by atoms with Crippen molar-refractivity contribution in [3.05, 3.63) is 53.0 Å². The van der Waals surface area contributed by atoms with E-state index in [4.69, 9.17) is 14.3 Å². The van der Waals surface area contributed by atoms with Gasteiger partial charge >= 0.3 is 5.97 Å². The van der Waals surface area contributed by atoms with E-state index in [0.29, 0.717) is 24.3 Å². The lowest BCUT2D eigenvalue weighted by Gasteiger charge is -2.18. The van der Waals surface area contributed by atoms with E-state index in [1.807, 2.05) is 31.2 Å². The number of carbonyl (C=O) groups excluding carboxylic acids is 1. The van der Waals surface area contributed by atoms with Crippen LogP contribution in [0.3, 0.4) is 0 Å². The molecule has 1 aromatic carbocycles. The van der Waals surface area contributed by atoms with Crippen molar-refractivity contribution in [3.63, 3.8) is 0 Å². The number of furan rings is 1. The van der Waals surface area contributed by atoms with Gasteiger partial charge in [-0.25, -0.2) is 0 Å². The highest BCUT2D eigenvalue weighted by Gasteiger charge is 2.23. The zero-order valence-corrected chi connectivity index (χ0v) is 14.0. The molecule has 0 fully saturated rings. The van der Waals surface area contributed by atoms with Gasteiger partial charge in [-0.05, 0) is 26.0 Å². The van der Waals surface area contributed by atoms with Crippen LogP contribution < -0.4 is 4.74 Å². The van der Waals surface area contributed by atoms with E-state index in [2.05, 4.69) is 0 Å². The van der Waals surface area contributed by atoms with Gasteiger partial charge in [-0.3, -0.25) is 9.59 Å². The molecule has 0 aliphatic rings. The molecule has 0 radical (unpaired) electrons. The molecule has 2 aromatic rings. The third-order valence-electron chi connectivity index (χ3n) is 3.64. The Morgan fingerprint density at radius 1 is 1.21 bits per heavy atom. The summed E-state index contributed by atoms with van der Waals surface area (Å²) in [5.74, 6) is -0.391. The van der Waals surface area contributed by atoms with E-state index in [1.54, 1.807) is 14.0 Å². The molecule has 0 saturated heterocycles. The molecule has 1 aromatic heterocycles. The van der Waals surface area contributed by atoms with Crippen molar-refractivity contribution in [3.8, 4) is 5.75 Å². The molecule has 1 N–H and O–H groups in total. The third-order valence-corrected chi connectivity index (χ3v) is 3.64. The predicted octanol–water partition coefficient (Wildman–Crippen LogP) is 2.67. The van der Waals surface area contributed by atoms with E-state index in [9.17, 15) is 9.59 Å². The van der Waals surface area contributed by atoms with Crippen molar-refractivity contribution < 1.29 is 23.8 Å². The number of benzene rings is 1. The fourth-order valence-corrected chi connectivity index (χ4v) is 2.28. The third kappa shape index (κ3) is 4.38. The van der Waals surface area contributed by atoms with Gasteiger partial charge < -0.3 is 19.2 Å². The summed E-state index contributed by atoms with van der Waals surface area (Å²) in [6.07, 6.45) is 1.09. The lowest BCUT2D eigenvalue weighted by molar-refractivity contribution is -0.136. The SMILES string of the molecule is Cc1ccc(OCCN(C)C(=O)c2c(C)coc2CC(=O)O)cc1. The van der Waals surface area contributed by atoms with Gasteiger partial charge in [0.25, 0.3) is 5.91 Å². The van der Waals surface area contributed by atoms with Crippen LogP contribution in [-0.2, 0) is 11.2 Å². The molecule has 0 unspecified atom stereocenters. The molecule has 0 aliphatic carbocycles. The maximum Gasteiger partial charge on any atom is 0.311 e. The van der Waals surface area contributed by atoms with Gasteiger partial charge in [-0.2, -0.15) is 0 Å². The summed E-state index contributed by atoms with van der Waals surface area (Å²) in [5.41, 5.74) is 2.09. The predicted molar refractivity (Wildman–Crippen MR) is 88.4 cm³/mol. The average molecular weight is 331 g/mol. The van der Waals surface area contributed by atoms with Gasteiger partial charge in [0.15, 0.2) is 0 Å². The summed E-state index contributed by atoms with van der Waals surface area (Å²) in [5, 5.41) is 8.90. The lowest BCUT2D eigenvalue weighted by atomic mass is 10.1. The van der Waals surface area contributed by atoms with E-state index < -0.39 is 5.97 Å². The van der Waals surface area contributed by atoms with Crippen LogP contribution in [0, 0.1) is 13.8 Å². The van der Waals surface area contributed by atoms with Gasteiger partial charge in [-0.15, -0.1) is 0 Å². The number of carboxylic acids is 1. The molecule has 24 heavy (non-hydrogen) atoms. The number of nitrogens with zero attached hydrogens (tertiary/aromatic N) is 1. The van der Waals surface area contributed by atoms with Crippen LogP contribution in [-0.4, -0.2) is 42.1 Å².